The second-order valence-electron chi connectivity index (χ2n) is 4.73. The number of carbonyl (C=O) groups excluding carboxylic acids is 1. The number of hydrogen-bond acceptors (Lipinski definition) is 3. The lowest BCUT2D eigenvalue weighted by molar-refractivity contribution is 0.0952. The molecule has 0 saturated heterocycles. The van der Waals surface area contributed by atoms with E-state index in [4.69, 9.17) is 5.11 Å². The van der Waals surface area contributed by atoms with Crippen LogP contribution in [0.5, 0.6) is 11.5 Å². The van der Waals surface area contributed by atoms with E-state index in [1.807, 2.05) is 0 Å². The van der Waals surface area contributed by atoms with Crippen LogP contribution in [0.3, 0.4) is 0 Å². The third-order valence-corrected chi connectivity index (χ3v) is 3.05. The van der Waals surface area contributed by atoms with Crippen LogP contribution in [-0.4, -0.2) is 22.7 Å². The first-order valence-corrected chi connectivity index (χ1v) is 6.95. The van der Waals surface area contributed by atoms with E-state index < -0.39 is 0 Å². The topological polar surface area (TPSA) is 69.6 Å². The average molecular weight is 265 g/mol. The highest BCUT2D eigenvalue weighted by atomic mass is 16.3. The summed E-state index contributed by atoms with van der Waals surface area (Å²) in [6.45, 7) is 2.83. The number of amides is 1. The molecular weight excluding hydrogens is 242 g/mol. The molecule has 0 spiro atoms. The van der Waals surface area contributed by atoms with Crippen molar-refractivity contribution < 1.29 is 15.0 Å². The number of phenolic OH excluding ortho intramolecular Hbond substituents is 2. The smallest absolute Gasteiger partial charge is 0.251 e. The molecule has 1 amide bonds. The lowest BCUT2D eigenvalue weighted by Gasteiger charge is -2.06. The highest BCUT2D eigenvalue weighted by Gasteiger charge is 2.07. The van der Waals surface area contributed by atoms with Gasteiger partial charge in [-0.1, -0.05) is 39.0 Å². The molecule has 1 rings (SSSR count). The summed E-state index contributed by atoms with van der Waals surface area (Å²) in [4.78, 5) is 11.7. The second kappa shape index (κ2) is 8.40. The molecule has 106 valence electrons. The Balaban J connectivity index is 2.22. The molecule has 4 heteroatoms. The summed E-state index contributed by atoms with van der Waals surface area (Å²) in [6, 6.07) is 4.08. The standard InChI is InChI=1S/C15H23NO3/c1-2-3-4-5-6-7-10-16-15(19)12-8-9-13(17)14(18)11-12/h8-9,11,17-18H,2-7,10H2,1H3,(H,16,19). The maximum Gasteiger partial charge on any atom is 0.251 e. The monoisotopic (exact) mass is 265 g/mol. The maximum atomic E-state index is 11.7. The molecule has 0 aliphatic heterocycles. The van der Waals surface area contributed by atoms with Gasteiger partial charge in [0.1, 0.15) is 0 Å². The van der Waals surface area contributed by atoms with Crippen molar-refractivity contribution in [3.05, 3.63) is 23.8 Å². The van der Waals surface area contributed by atoms with Crippen molar-refractivity contribution in [2.75, 3.05) is 6.54 Å². The third-order valence-electron chi connectivity index (χ3n) is 3.05. The zero-order valence-corrected chi connectivity index (χ0v) is 11.5. The molecule has 0 aliphatic rings. The molecule has 0 unspecified atom stereocenters. The van der Waals surface area contributed by atoms with Gasteiger partial charge in [0, 0.05) is 12.1 Å². The summed E-state index contributed by atoms with van der Waals surface area (Å²) in [5, 5.41) is 21.3. The molecule has 0 heterocycles. The number of rotatable bonds is 8. The van der Waals surface area contributed by atoms with Crippen molar-refractivity contribution >= 4 is 5.91 Å². The zero-order valence-electron chi connectivity index (χ0n) is 11.5. The molecule has 0 aromatic heterocycles. The van der Waals surface area contributed by atoms with Crippen molar-refractivity contribution in [1.29, 1.82) is 0 Å². The first kappa shape index (κ1) is 15.3. The van der Waals surface area contributed by atoms with Crippen LogP contribution in [0.1, 0.15) is 55.8 Å². The number of benzene rings is 1. The van der Waals surface area contributed by atoms with Gasteiger partial charge in [0.2, 0.25) is 0 Å². The molecule has 0 radical (unpaired) electrons. The number of nitrogens with one attached hydrogen (secondary N) is 1. The van der Waals surface area contributed by atoms with Gasteiger partial charge < -0.3 is 15.5 Å². The summed E-state index contributed by atoms with van der Waals surface area (Å²) >= 11 is 0. The lowest BCUT2D eigenvalue weighted by Crippen LogP contribution is -2.24. The predicted molar refractivity (Wildman–Crippen MR) is 75.5 cm³/mol. The van der Waals surface area contributed by atoms with Gasteiger partial charge >= 0.3 is 0 Å². The van der Waals surface area contributed by atoms with E-state index >= 15 is 0 Å². The van der Waals surface area contributed by atoms with Gasteiger partial charge in [0.25, 0.3) is 5.91 Å². The van der Waals surface area contributed by atoms with Gasteiger partial charge in [-0.05, 0) is 24.6 Å². The Kier molecular flexibility index (Phi) is 6.79. The maximum absolute atomic E-state index is 11.7. The Bertz CT molecular complexity index is 404. The van der Waals surface area contributed by atoms with Crippen LogP contribution < -0.4 is 5.32 Å². The largest absolute Gasteiger partial charge is 0.504 e. The van der Waals surface area contributed by atoms with E-state index in [9.17, 15) is 9.90 Å². The van der Waals surface area contributed by atoms with Gasteiger partial charge in [0.15, 0.2) is 11.5 Å². The van der Waals surface area contributed by atoms with Crippen LogP contribution >= 0.6 is 0 Å². The van der Waals surface area contributed by atoms with Crippen molar-refractivity contribution in [1.82, 2.24) is 5.32 Å². The number of unbranched alkanes of at least 4 members (excludes halogenated alkanes) is 5. The van der Waals surface area contributed by atoms with E-state index in [1.54, 1.807) is 0 Å². The van der Waals surface area contributed by atoms with Crippen LogP contribution in [0.25, 0.3) is 0 Å². The van der Waals surface area contributed by atoms with E-state index in [1.165, 1.54) is 43.9 Å². The van der Waals surface area contributed by atoms with Gasteiger partial charge in [0.05, 0.1) is 0 Å². The Labute approximate surface area is 114 Å². The highest BCUT2D eigenvalue weighted by molar-refractivity contribution is 5.94. The Morgan fingerprint density at radius 1 is 1.05 bits per heavy atom. The van der Waals surface area contributed by atoms with Crippen LogP contribution in [0.2, 0.25) is 0 Å². The number of aromatic hydroxyl groups is 2. The first-order chi connectivity index (χ1) is 9.15. The van der Waals surface area contributed by atoms with E-state index in [0.29, 0.717) is 12.1 Å². The number of hydrogen-bond donors (Lipinski definition) is 3. The fourth-order valence-corrected chi connectivity index (χ4v) is 1.87. The summed E-state index contributed by atoms with van der Waals surface area (Å²) in [6.07, 6.45) is 7.08. The van der Waals surface area contributed by atoms with Crippen LogP contribution in [-0.2, 0) is 0 Å². The van der Waals surface area contributed by atoms with Crippen molar-refractivity contribution in [2.45, 2.75) is 45.4 Å². The SMILES string of the molecule is CCCCCCCCNC(=O)c1ccc(O)c(O)c1. The Morgan fingerprint density at radius 2 is 1.74 bits per heavy atom. The quantitative estimate of drug-likeness (QED) is 0.499. The first-order valence-electron chi connectivity index (χ1n) is 6.95. The fourth-order valence-electron chi connectivity index (χ4n) is 1.87. The van der Waals surface area contributed by atoms with E-state index in [-0.39, 0.29) is 17.4 Å². The van der Waals surface area contributed by atoms with Crippen LogP contribution in [0.4, 0.5) is 0 Å². The summed E-state index contributed by atoms with van der Waals surface area (Å²) in [5.41, 5.74) is 0.362. The minimum absolute atomic E-state index is 0.215. The average Bonchev–Trinajstić information content (AvgIpc) is 2.40. The van der Waals surface area contributed by atoms with Gasteiger partial charge in [-0.25, -0.2) is 0 Å². The van der Waals surface area contributed by atoms with Gasteiger partial charge in [-0.3, -0.25) is 4.79 Å². The number of phenols is 2. The van der Waals surface area contributed by atoms with Crippen molar-refractivity contribution in [3.8, 4) is 11.5 Å². The molecule has 4 nitrogen and oxygen atoms in total. The molecule has 0 fully saturated rings. The van der Waals surface area contributed by atoms with Gasteiger partial charge in [-0.2, -0.15) is 0 Å². The van der Waals surface area contributed by atoms with E-state index in [2.05, 4.69) is 12.2 Å². The van der Waals surface area contributed by atoms with Crippen LogP contribution in [0.15, 0.2) is 18.2 Å². The van der Waals surface area contributed by atoms with Crippen molar-refractivity contribution in [3.63, 3.8) is 0 Å². The van der Waals surface area contributed by atoms with Crippen molar-refractivity contribution in [2.24, 2.45) is 0 Å². The fraction of sp³-hybridized carbons (Fsp3) is 0.533. The molecule has 1 aromatic rings. The van der Waals surface area contributed by atoms with Gasteiger partial charge in [-0.15, -0.1) is 0 Å². The Morgan fingerprint density at radius 3 is 2.42 bits per heavy atom. The normalized spacial score (nSPS) is 10.4. The minimum Gasteiger partial charge on any atom is -0.504 e. The third kappa shape index (κ3) is 5.64. The number of carbonyl (C=O) groups is 1. The molecular formula is C15H23NO3. The Hall–Kier alpha value is -1.71. The predicted octanol–water partition coefficient (Wildman–Crippen LogP) is 3.19. The molecule has 0 atom stereocenters. The summed E-state index contributed by atoms with van der Waals surface area (Å²) < 4.78 is 0. The van der Waals surface area contributed by atoms with E-state index in [0.717, 1.165) is 12.8 Å². The molecule has 0 bridgehead atoms. The lowest BCUT2D eigenvalue weighted by atomic mass is 10.1. The highest BCUT2D eigenvalue weighted by Crippen LogP contribution is 2.24. The molecule has 0 aliphatic carbocycles. The summed E-state index contributed by atoms with van der Waals surface area (Å²) in [5.74, 6) is -0.705. The minimum atomic E-state index is -0.271. The molecule has 19 heavy (non-hydrogen) atoms. The molecule has 0 saturated carbocycles. The molecule has 1 aromatic carbocycles. The zero-order chi connectivity index (χ0) is 14.1. The molecule has 3 N–H and O–H groups in total. The summed E-state index contributed by atoms with van der Waals surface area (Å²) in [7, 11) is 0. The second-order valence-corrected chi connectivity index (χ2v) is 4.73. The van der Waals surface area contributed by atoms with Crippen LogP contribution in [0, 0.1) is 0 Å².